The molecule has 1 heterocycles. The van der Waals surface area contributed by atoms with Crippen molar-refractivity contribution in [2.75, 3.05) is 38.6 Å². The standard InChI is InChI=1S/C20H23ClF2N2O.H2O/c21-13-19(26)14-24-9-11-25(12-10-24)20(15-1-5-17(22)6-2-15)16-3-7-18(23)8-4-16;/h1-8,19-20,26H,9-14H2;1H2. The van der Waals surface area contributed by atoms with Gasteiger partial charge in [-0.15, -0.1) is 11.6 Å². The highest BCUT2D eigenvalue weighted by molar-refractivity contribution is 6.18. The van der Waals surface area contributed by atoms with E-state index < -0.39 is 6.10 Å². The fourth-order valence-corrected chi connectivity index (χ4v) is 3.55. The summed E-state index contributed by atoms with van der Waals surface area (Å²) in [6, 6.07) is 12.9. The third-order valence-corrected chi connectivity index (χ3v) is 5.15. The van der Waals surface area contributed by atoms with Crippen LogP contribution in [0.4, 0.5) is 8.78 Å². The number of halogens is 3. The summed E-state index contributed by atoms with van der Waals surface area (Å²) in [7, 11) is 0. The van der Waals surface area contributed by atoms with Crippen LogP contribution in [0.3, 0.4) is 0 Å². The highest BCUT2D eigenvalue weighted by Crippen LogP contribution is 2.30. The molecule has 0 radical (unpaired) electrons. The molecule has 1 saturated heterocycles. The Kier molecular flexibility index (Phi) is 8.13. The van der Waals surface area contributed by atoms with Crippen molar-refractivity contribution in [3.05, 3.63) is 71.3 Å². The number of β-amino-alcohol motifs (C(OH)–C–C–N with tert-alkyl or cyclic N) is 1. The SMILES string of the molecule is O.OC(CCl)CN1CCN(C(c2ccc(F)cc2)c2ccc(F)cc2)CC1. The normalized spacial score (nSPS) is 16.9. The highest BCUT2D eigenvalue weighted by atomic mass is 35.5. The van der Waals surface area contributed by atoms with E-state index in [1.54, 1.807) is 24.3 Å². The van der Waals surface area contributed by atoms with Gasteiger partial charge in [-0.05, 0) is 35.4 Å². The number of nitrogens with zero attached hydrogens (tertiary/aromatic N) is 2. The molecule has 1 fully saturated rings. The lowest BCUT2D eigenvalue weighted by atomic mass is 9.96. The first-order valence-electron chi connectivity index (χ1n) is 8.78. The van der Waals surface area contributed by atoms with E-state index in [9.17, 15) is 13.9 Å². The first-order chi connectivity index (χ1) is 12.6. The number of rotatable bonds is 6. The number of hydrogen-bond acceptors (Lipinski definition) is 3. The molecule has 3 rings (SSSR count). The molecular weight excluding hydrogens is 374 g/mol. The second-order valence-corrected chi connectivity index (χ2v) is 6.96. The monoisotopic (exact) mass is 398 g/mol. The van der Waals surface area contributed by atoms with E-state index >= 15 is 0 Å². The molecule has 3 N–H and O–H groups in total. The van der Waals surface area contributed by atoms with Crippen LogP contribution in [0.5, 0.6) is 0 Å². The summed E-state index contributed by atoms with van der Waals surface area (Å²) in [5.74, 6) is -0.313. The van der Waals surface area contributed by atoms with Gasteiger partial charge in [0.1, 0.15) is 11.6 Å². The minimum Gasteiger partial charge on any atom is -0.412 e. The molecule has 2 aromatic rings. The van der Waals surface area contributed by atoms with Crippen LogP contribution < -0.4 is 0 Å². The van der Waals surface area contributed by atoms with E-state index in [1.807, 2.05) is 0 Å². The summed E-state index contributed by atoms with van der Waals surface area (Å²) in [4.78, 5) is 4.50. The fraction of sp³-hybridized carbons (Fsp3) is 0.400. The Morgan fingerprint density at radius 2 is 1.30 bits per heavy atom. The van der Waals surface area contributed by atoms with Crippen LogP contribution in [0, 0.1) is 11.6 Å². The Bertz CT molecular complexity index is 647. The fourth-order valence-electron chi connectivity index (χ4n) is 3.46. The predicted octanol–water partition coefficient (Wildman–Crippen LogP) is 2.45. The summed E-state index contributed by atoms with van der Waals surface area (Å²) in [5.41, 5.74) is 1.96. The van der Waals surface area contributed by atoms with Crippen molar-refractivity contribution >= 4 is 11.6 Å². The summed E-state index contributed by atoms with van der Waals surface area (Å²) >= 11 is 5.69. The molecule has 148 valence electrons. The molecule has 1 aliphatic rings. The maximum absolute atomic E-state index is 13.3. The average molecular weight is 399 g/mol. The smallest absolute Gasteiger partial charge is 0.123 e. The number of benzene rings is 2. The van der Waals surface area contributed by atoms with E-state index in [0.29, 0.717) is 6.54 Å². The van der Waals surface area contributed by atoms with Crippen LogP contribution in [0.25, 0.3) is 0 Å². The largest absolute Gasteiger partial charge is 0.412 e. The Balaban J connectivity index is 0.00000261. The molecule has 27 heavy (non-hydrogen) atoms. The maximum Gasteiger partial charge on any atom is 0.123 e. The molecule has 0 aliphatic carbocycles. The number of aliphatic hydroxyl groups is 1. The zero-order chi connectivity index (χ0) is 18.5. The van der Waals surface area contributed by atoms with Crippen molar-refractivity contribution in [2.24, 2.45) is 0 Å². The average Bonchev–Trinajstić information content (AvgIpc) is 2.66. The summed E-state index contributed by atoms with van der Waals surface area (Å²) < 4.78 is 26.7. The Labute approximate surface area is 163 Å². The van der Waals surface area contributed by atoms with E-state index in [4.69, 9.17) is 11.6 Å². The summed E-state index contributed by atoms with van der Waals surface area (Å²) in [5, 5.41) is 9.74. The van der Waals surface area contributed by atoms with Gasteiger partial charge in [0.2, 0.25) is 0 Å². The van der Waals surface area contributed by atoms with E-state index in [-0.39, 0.29) is 29.0 Å². The molecule has 0 spiro atoms. The molecule has 1 aliphatic heterocycles. The Morgan fingerprint density at radius 3 is 1.70 bits per heavy atom. The van der Waals surface area contributed by atoms with Crippen LogP contribution in [0.2, 0.25) is 0 Å². The quantitative estimate of drug-likeness (QED) is 0.760. The van der Waals surface area contributed by atoms with Gasteiger partial charge in [-0.3, -0.25) is 9.80 Å². The van der Waals surface area contributed by atoms with Gasteiger partial charge >= 0.3 is 0 Å². The summed E-state index contributed by atoms with van der Waals surface area (Å²) in [6.07, 6.45) is -0.520. The lowest BCUT2D eigenvalue weighted by Gasteiger charge is -2.40. The minimum atomic E-state index is -0.520. The zero-order valence-corrected chi connectivity index (χ0v) is 15.7. The number of piperazine rings is 1. The second kappa shape index (κ2) is 10.1. The molecule has 4 nitrogen and oxygen atoms in total. The molecule has 2 aromatic carbocycles. The topological polar surface area (TPSA) is 58.2 Å². The first-order valence-corrected chi connectivity index (χ1v) is 9.31. The minimum absolute atomic E-state index is 0. The van der Waals surface area contributed by atoms with Crippen molar-refractivity contribution in [3.8, 4) is 0 Å². The van der Waals surface area contributed by atoms with Gasteiger partial charge < -0.3 is 10.6 Å². The number of hydrogen-bond donors (Lipinski definition) is 1. The van der Waals surface area contributed by atoms with Crippen molar-refractivity contribution in [2.45, 2.75) is 12.1 Å². The Hall–Kier alpha value is -1.57. The van der Waals surface area contributed by atoms with E-state index in [1.165, 1.54) is 24.3 Å². The predicted molar refractivity (Wildman–Crippen MR) is 103 cm³/mol. The summed E-state index contributed by atoms with van der Waals surface area (Å²) in [6.45, 7) is 3.79. The van der Waals surface area contributed by atoms with Crippen LogP contribution in [0.15, 0.2) is 48.5 Å². The van der Waals surface area contributed by atoms with Gasteiger partial charge in [0.15, 0.2) is 0 Å². The molecule has 0 bridgehead atoms. The van der Waals surface area contributed by atoms with Gasteiger partial charge in [-0.1, -0.05) is 24.3 Å². The van der Waals surface area contributed by atoms with Gasteiger partial charge in [0, 0.05) is 38.6 Å². The van der Waals surface area contributed by atoms with Crippen LogP contribution in [0.1, 0.15) is 17.2 Å². The third kappa shape index (κ3) is 5.70. The highest BCUT2D eigenvalue weighted by Gasteiger charge is 2.27. The molecular formula is C20H25ClF2N2O2. The van der Waals surface area contributed by atoms with E-state index in [2.05, 4.69) is 9.80 Å². The first kappa shape index (κ1) is 21.7. The van der Waals surface area contributed by atoms with E-state index in [0.717, 1.165) is 37.3 Å². The lowest BCUT2D eigenvalue weighted by Crippen LogP contribution is -2.49. The van der Waals surface area contributed by atoms with Crippen LogP contribution in [-0.2, 0) is 0 Å². The van der Waals surface area contributed by atoms with Gasteiger partial charge in [-0.25, -0.2) is 8.78 Å². The van der Waals surface area contributed by atoms with Gasteiger partial charge in [-0.2, -0.15) is 0 Å². The van der Waals surface area contributed by atoms with Crippen LogP contribution >= 0.6 is 11.6 Å². The Morgan fingerprint density at radius 1 is 0.852 bits per heavy atom. The third-order valence-electron chi connectivity index (χ3n) is 4.79. The van der Waals surface area contributed by atoms with Gasteiger partial charge in [0.05, 0.1) is 12.1 Å². The van der Waals surface area contributed by atoms with Crippen molar-refractivity contribution in [1.82, 2.24) is 9.80 Å². The lowest BCUT2D eigenvalue weighted by molar-refractivity contribution is 0.0703. The van der Waals surface area contributed by atoms with Crippen LogP contribution in [-0.4, -0.2) is 65.1 Å². The molecule has 7 heteroatoms. The van der Waals surface area contributed by atoms with Crippen molar-refractivity contribution in [3.63, 3.8) is 0 Å². The molecule has 1 atom stereocenters. The molecule has 1 unspecified atom stereocenters. The number of alkyl halides is 1. The molecule has 0 aromatic heterocycles. The molecule has 0 saturated carbocycles. The second-order valence-electron chi connectivity index (χ2n) is 6.65. The zero-order valence-electron chi connectivity index (χ0n) is 15.0. The molecule has 0 amide bonds. The van der Waals surface area contributed by atoms with Crippen molar-refractivity contribution in [1.29, 1.82) is 0 Å². The van der Waals surface area contributed by atoms with Crippen molar-refractivity contribution < 1.29 is 19.4 Å². The van der Waals surface area contributed by atoms with Gasteiger partial charge in [0.25, 0.3) is 0 Å². The maximum atomic E-state index is 13.3. The number of aliphatic hydroxyl groups excluding tert-OH is 1.